The fourth-order valence-corrected chi connectivity index (χ4v) is 2.39. The quantitative estimate of drug-likeness (QED) is 0.687. The highest BCUT2D eigenvalue weighted by Gasteiger charge is 2.09. The molecule has 0 aliphatic rings. The van der Waals surface area contributed by atoms with E-state index in [1.807, 2.05) is 24.3 Å². The van der Waals surface area contributed by atoms with Crippen molar-refractivity contribution in [2.75, 3.05) is 0 Å². The van der Waals surface area contributed by atoms with Gasteiger partial charge >= 0.3 is 0 Å². The fraction of sp³-hybridized carbons (Fsp3) is 0. The summed E-state index contributed by atoms with van der Waals surface area (Å²) in [5.41, 5.74) is 2.80. The summed E-state index contributed by atoms with van der Waals surface area (Å²) in [7, 11) is 0. The molecule has 110 valence electrons. The zero-order valence-corrected chi connectivity index (χ0v) is 12.9. The summed E-state index contributed by atoms with van der Waals surface area (Å²) in [6.07, 6.45) is 1.68. The van der Waals surface area contributed by atoms with E-state index < -0.39 is 0 Å². The van der Waals surface area contributed by atoms with Crippen molar-refractivity contribution in [2.24, 2.45) is 0 Å². The van der Waals surface area contributed by atoms with E-state index in [1.165, 1.54) is 0 Å². The number of allylic oxidation sites excluding steroid dienone is 1. The Hall–Kier alpha value is -2.62. The molecule has 0 radical (unpaired) electrons. The molecule has 6 heteroatoms. The zero-order chi connectivity index (χ0) is 14.8. The fourth-order valence-electron chi connectivity index (χ4n) is 2.03. The second-order valence-corrected chi connectivity index (χ2v) is 5.33. The van der Waals surface area contributed by atoms with Gasteiger partial charge in [0.25, 0.3) is 0 Å². The monoisotopic (exact) mass is 357 g/mol. The van der Waals surface area contributed by atoms with Gasteiger partial charge in [0, 0.05) is 4.47 Å². The second-order valence-electron chi connectivity index (χ2n) is 4.48. The van der Waals surface area contributed by atoms with Crippen molar-refractivity contribution in [1.82, 2.24) is 9.97 Å². The number of fused-ring (bicyclic) bond motifs is 1. The minimum Gasteiger partial charge on any atom is -0.508 e. The van der Waals surface area contributed by atoms with Crippen LogP contribution in [0.4, 0.5) is 0 Å². The molecule has 0 aliphatic carbocycles. The predicted octanol–water partition coefficient (Wildman–Crippen LogP) is 3.27. The number of phenols is 1. The lowest BCUT2D eigenvalue weighted by Crippen LogP contribution is -1.85. The van der Waals surface area contributed by atoms with Gasteiger partial charge in [-0.3, -0.25) is 0 Å². The Labute approximate surface area is 135 Å². The van der Waals surface area contributed by atoms with Gasteiger partial charge in [-0.25, -0.2) is 4.98 Å². The zero-order valence-electron chi connectivity index (χ0n) is 11.3. The number of nitrogens with zero attached hydrogens (tertiary/aromatic N) is 2. The first-order valence-electron chi connectivity index (χ1n) is 6.23. The van der Waals surface area contributed by atoms with Gasteiger partial charge < -0.3 is 15.6 Å². The van der Waals surface area contributed by atoms with E-state index in [-0.39, 0.29) is 11.2 Å². The smallest absolute Gasteiger partial charge is 0.149 e. The molecule has 0 atom stereocenters. The highest BCUT2D eigenvalue weighted by atomic mass is 79.9. The summed E-state index contributed by atoms with van der Waals surface area (Å²) in [5.74, 6) is 0.653. The molecule has 0 saturated carbocycles. The molecule has 2 aromatic carbocycles. The molecule has 1 heterocycles. The number of aromatic nitrogens is 2. The van der Waals surface area contributed by atoms with Crippen LogP contribution >= 0.6 is 15.9 Å². The summed E-state index contributed by atoms with van der Waals surface area (Å²) in [4.78, 5) is 7.53. The van der Waals surface area contributed by atoms with Crippen molar-refractivity contribution in [1.29, 1.82) is 5.26 Å². The molecule has 1 aromatic heterocycles. The van der Waals surface area contributed by atoms with Gasteiger partial charge in [-0.2, -0.15) is 5.26 Å². The minimum atomic E-state index is 0. The van der Waals surface area contributed by atoms with Crippen molar-refractivity contribution in [3.63, 3.8) is 0 Å². The highest BCUT2D eigenvalue weighted by molar-refractivity contribution is 9.10. The third-order valence-electron chi connectivity index (χ3n) is 3.04. The predicted molar refractivity (Wildman–Crippen MR) is 89.0 cm³/mol. The van der Waals surface area contributed by atoms with Gasteiger partial charge in [-0.1, -0.05) is 28.1 Å². The summed E-state index contributed by atoms with van der Waals surface area (Å²) >= 11 is 3.40. The summed E-state index contributed by atoms with van der Waals surface area (Å²) in [5, 5.41) is 18.9. The van der Waals surface area contributed by atoms with Crippen molar-refractivity contribution >= 4 is 38.6 Å². The van der Waals surface area contributed by atoms with E-state index in [2.05, 4.69) is 32.0 Å². The second kappa shape index (κ2) is 6.43. The number of imidazole rings is 1. The van der Waals surface area contributed by atoms with Crippen LogP contribution in [0.25, 0.3) is 22.7 Å². The Morgan fingerprint density at radius 1 is 1.27 bits per heavy atom. The number of aromatic hydroxyl groups is 1. The molecule has 0 spiro atoms. The van der Waals surface area contributed by atoms with E-state index in [1.54, 1.807) is 24.3 Å². The third-order valence-corrected chi connectivity index (χ3v) is 3.77. The molecule has 4 N–H and O–H groups in total. The number of halogens is 1. The van der Waals surface area contributed by atoms with Crippen LogP contribution in [0.1, 0.15) is 11.4 Å². The van der Waals surface area contributed by atoms with Crippen LogP contribution in [0.3, 0.4) is 0 Å². The van der Waals surface area contributed by atoms with Crippen LogP contribution in [-0.4, -0.2) is 20.6 Å². The van der Waals surface area contributed by atoms with Crippen LogP contribution in [-0.2, 0) is 0 Å². The molecular weight excluding hydrogens is 346 g/mol. The molecule has 0 aliphatic heterocycles. The van der Waals surface area contributed by atoms with Crippen molar-refractivity contribution < 1.29 is 10.6 Å². The lowest BCUT2D eigenvalue weighted by atomic mass is 10.1. The molecule has 22 heavy (non-hydrogen) atoms. The molecule has 0 saturated heterocycles. The van der Waals surface area contributed by atoms with Gasteiger partial charge in [-0.05, 0) is 42.0 Å². The Morgan fingerprint density at radius 2 is 2.05 bits per heavy atom. The minimum absolute atomic E-state index is 0. The van der Waals surface area contributed by atoms with Crippen LogP contribution in [0.15, 0.2) is 46.9 Å². The van der Waals surface area contributed by atoms with Crippen LogP contribution in [0, 0.1) is 11.3 Å². The molecular formula is C16H12BrN3O2. The van der Waals surface area contributed by atoms with E-state index in [4.69, 9.17) is 0 Å². The van der Waals surface area contributed by atoms with Gasteiger partial charge in [0.15, 0.2) is 0 Å². The van der Waals surface area contributed by atoms with Gasteiger partial charge in [0.2, 0.25) is 0 Å². The number of nitriles is 1. The summed E-state index contributed by atoms with van der Waals surface area (Å²) < 4.78 is 0.796. The Kier molecular flexibility index (Phi) is 4.61. The summed E-state index contributed by atoms with van der Waals surface area (Å²) in [6.45, 7) is 0. The highest BCUT2D eigenvalue weighted by Crippen LogP contribution is 2.26. The normalized spacial score (nSPS) is 11.0. The van der Waals surface area contributed by atoms with Gasteiger partial charge in [0.1, 0.15) is 17.6 Å². The lowest BCUT2D eigenvalue weighted by molar-refractivity contribution is 0.475. The molecule has 3 aromatic rings. The van der Waals surface area contributed by atoms with E-state index in [0.29, 0.717) is 17.0 Å². The molecule has 0 unspecified atom stereocenters. The third kappa shape index (κ3) is 3.01. The maximum Gasteiger partial charge on any atom is 0.149 e. The first-order valence-corrected chi connectivity index (χ1v) is 7.02. The van der Waals surface area contributed by atoms with Crippen LogP contribution < -0.4 is 0 Å². The summed E-state index contributed by atoms with van der Waals surface area (Å²) in [6, 6.07) is 14.6. The van der Waals surface area contributed by atoms with E-state index in [9.17, 15) is 10.4 Å². The van der Waals surface area contributed by atoms with E-state index >= 15 is 0 Å². The largest absolute Gasteiger partial charge is 0.508 e. The number of hydrogen-bond donors (Lipinski definition) is 2. The van der Waals surface area contributed by atoms with E-state index in [0.717, 1.165) is 15.5 Å². The number of H-pyrrole nitrogens is 1. The number of para-hydroxylation sites is 2. The first kappa shape index (κ1) is 15.8. The SMILES string of the molecule is N#C/C(=C\c1cc(O)ccc1Br)c1nc2ccccc2[nH]1.O. The molecule has 5 nitrogen and oxygen atoms in total. The standard InChI is InChI=1S/C16H10BrN3O.H2O/c17-13-6-5-12(21)8-10(13)7-11(9-18)16-19-14-3-1-2-4-15(14)20-16;/h1-8,21H,(H,19,20);1H2/b11-7+;. The van der Waals surface area contributed by atoms with Gasteiger partial charge in [-0.15, -0.1) is 0 Å². The Morgan fingerprint density at radius 3 is 2.77 bits per heavy atom. The maximum atomic E-state index is 9.55. The van der Waals surface area contributed by atoms with Crippen LogP contribution in [0.2, 0.25) is 0 Å². The maximum absolute atomic E-state index is 9.55. The number of rotatable bonds is 2. The molecule has 0 bridgehead atoms. The van der Waals surface area contributed by atoms with Crippen molar-refractivity contribution in [3.8, 4) is 11.8 Å². The van der Waals surface area contributed by atoms with Gasteiger partial charge in [0.05, 0.1) is 16.6 Å². The Balaban J connectivity index is 0.00000176. The number of aromatic amines is 1. The lowest BCUT2D eigenvalue weighted by Gasteiger charge is -2.00. The number of nitrogens with one attached hydrogen (secondary N) is 1. The average Bonchev–Trinajstić information content (AvgIpc) is 2.91. The molecule has 0 amide bonds. The first-order chi connectivity index (χ1) is 10.2. The number of phenolic OH excluding ortho intramolecular Hbond substituents is 1. The number of hydrogen-bond acceptors (Lipinski definition) is 3. The van der Waals surface area contributed by atoms with Crippen molar-refractivity contribution in [2.45, 2.75) is 0 Å². The topological polar surface area (TPSA) is 104 Å². The number of benzene rings is 2. The van der Waals surface area contributed by atoms with Crippen LogP contribution in [0.5, 0.6) is 5.75 Å². The Bertz CT molecular complexity index is 861. The molecule has 3 rings (SSSR count). The average molecular weight is 358 g/mol. The molecule has 0 fully saturated rings. The van der Waals surface area contributed by atoms with Crippen molar-refractivity contribution in [3.05, 3.63) is 58.3 Å².